The van der Waals surface area contributed by atoms with E-state index in [1.807, 2.05) is 13.8 Å². The van der Waals surface area contributed by atoms with E-state index in [-0.39, 0.29) is 24.1 Å². The molecule has 4 nitrogen and oxygen atoms in total. The molecular formula is C14H19ClF2N2O2. The predicted molar refractivity (Wildman–Crippen MR) is 77.4 cm³/mol. The van der Waals surface area contributed by atoms with Crippen LogP contribution in [-0.2, 0) is 11.3 Å². The monoisotopic (exact) mass is 320 g/mol. The molecule has 1 aromatic carbocycles. The molecule has 2 unspecified atom stereocenters. The quantitative estimate of drug-likeness (QED) is 0.812. The fraction of sp³-hybridized carbons (Fsp3) is 0.500. The molecule has 1 amide bonds. The number of amides is 1. The van der Waals surface area contributed by atoms with Gasteiger partial charge < -0.3 is 15.8 Å². The van der Waals surface area contributed by atoms with Gasteiger partial charge in [-0.25, -0.2) is 0 Å². The van der Waals surface area contributed by atoms with Crippen molar-refractivity contribution < 1.29 is 18.3 Å². The van der Waals surface area contributed by atoms with Crippen molar-refractivity contribution in [1.82, 2.24) is 5.32 Å². The van der Waals surface area contributed by atoms with E-state index in [0.717, 1.165) is 6.42 Å². The highest BCUT2D eigenvalue weighted by Gasteiger charge is 2.19. The molecule has 1 aromatic rings. The standard InChI is InChI=1S/C14H19ClF2N2O2/c1-3-8(2)12(18)13(20)19-7-9-6-10(15)4-5-11(9)21-14(16)17/h4-6,8,12,14H,3,7,18H2,1-2H3,(H,19,20). The molecule has 21 heavy (non-hydrogen) atoms. The van der Waals surface area contributed by atoms with Gasteiger partial charge in [-0.15, -0.1) is 0 Å². The Hall–Kier alpha value is -1.40. The molecule has 118 valence electrons. The summed E-state index contributed by atoms with van der Waals surface area (Å²) < 4.78 is 29.0. The van der Waals surface area contributed by atoms with Gasteiger partial charge in [0.05, 0.1) is 6.04 Å². The minimum atomic E-state index is -2.94. The summed E-state index contributed by atoms with van der Waals surface area (Å²) in [7, 11) is 0. The van der Waals surface area contributed by atoms with E-state index in [9.17, 15) is 13.6 Å². The van der Waals surface area contributed by atoms with Gasteiger partial charge in [-0.05, 0) is 24.1 Å². The normalized spacial score (nSPS) is 13.9. The van der Waals surface area contributed by atoms with Gasteiger partial charge >= 0.3 is 6.61 Å². The van der Waals surface area contributed by atoms with E-state index in [2.05, 4.69) is 10.1 Å². The number of nitrogens with one attached hydrogen (secondary N) is 1. The van der Waals surface area contributed by atoms with Gasteiger partial charge in [-0.1, -0.05) is 31.9 Å². The SMILES string of the molecule is CCC(C)C(N)C(=O)NCc1cc(Cl)ccc1OC(F)F. The zero-order valence-corrected chi connectivity index (χ0v) is 12.7. The Morgan fingerprint density at radius 2 is 2.14 bits per heavy atom. The summed E-state index contributed by atoms with van der Waals surface area (Å²) in [6.07, 6.45) is 0.769. The van der Waals surface area contributed by atoms with Crippen molar-refractivity contribution in [3.8, 4) is 5.75 Å². The summed E-state index contributed by atoms with van der Waals surface area (Å²) in [5.41, 5.74) is 6.16. The zero-order chi connectivity index (χ0) is 16.0. The van der Waals surface area contributed by atoms with Gasteiger partial charge in [0.15, 0.2) is 0 Å². The van der Waals surface area contributed by atoms with Gasteiger partial charge in [0, 0.05) is 17.1 Å². The number of ether oxygens (including phenoxy) is 1. The van der Waals surface area contributed by atoms with Crippen LogP contribution in [0.4, 0.5) is 8.78 Å². The number of carbonyl (C=O) groups excluding carboxylic acids is 1. The summed E-state index contributed by atoms with van der Waals surface area (Å²) in [5, 5.41) is 2.98. The number of hydrogen-bond acceptors (Lipinski definition) is 3. The smallest absolute Gasteiger partial charge is 0.387 e. The van der Waals surface area contributed by atoms with E-state index >= 15 is 0 Å². The number of benzene rings is 1. The Balaban J connectivity index is 2.74. The van der Waals surface area contributed by atoms with Crippen LogP contribution in [0.5, 0.6) is 5.75 Å². The minimum absolute atomic E-state index is 0.0194. The fourth-order valence-corrected chi connectivity index (χ4v) is 1.90. The summed E-state index contributed by atoms with van der Waals surface area (Å²) in [4.78, 5) is 11.9. The maximum atomic E-state index is 12.3. The van der Waals surface area contributed by atoms with Gasteiger partial charge in [0.2, 0.25) is 5.91 Å². The van der Waals surface area contributed by atoms with Crippen LogP contribution in [0.3, 0.4) is 0 Å². The van der Waals surface area contributed by atoms with E-state index in [0.29, 0.717) is 10.6 Å². The molecule has 0 aliphatic carbocycles. The Kier molecular flexibility index (Phi) is 6.84. The van der Waals surface area contributed by atoms with Crippen LogP contribution >= 0.6 is 11.6 Å². The Morgan fingerprint density at radius 1 is 1.48 bits per heavy atom. The van der Waals surface area contributed by atoms with E-state index in [1.54, 1.807) is 0 Å². The average molecular weight is 321 g/mol. The Labute approximate surface area is 127 Å². The molecule has 0 fully saturated rings. The molecule has 0 saturated carbocycles. The first-order valence-electron chi connectivity index (χ1n) is 6.61. The molecule has 0 aliphatic heterocycles. The van der Waals surface area contributed by atoms with Crippen LogP contribution in [0.15, 0.2) is 18.2 Å². The molecule has 0 saturated heterocycles. The van der Waals surface area contributed by atoms with E-state index in [1.165, 1.54) is 18.2 Å². The second-order valence-corrected chi connectivity index (χ2v) is 5.20. The largest absolute Gasteiger partial charge is 0.434 e. The molecule has 3 N–H and O–H groups in total. The lowest BCUT2D eigenvalue weighted by atomic mass is 9.99. The number of alkyl halides is 2. The van der Waals surface area contributed by atoms with E-state index in [4.69, 9.17) is 17.3 Å². The average Bonchev–Trinajstić information content (AvgIpc) is 2.44. The van der Waals surface area contributed by atoms with Crippen molar-refractivity contribution in [2.45, 2.75) is 39.5 Å². The minimum Gasteiger partial charge on any atom is -0.434 e. The number of halogens is 3. The maximum absolute atomic E-state index is 12.3. The maximum Gasteiger partial charge on any atom is 0.387 e. The van der Waals surface area contributed by atoms with Crippen LogP contribution in [0.2, 0.25) is 5.02 Å². The lowest BCUT2D eigenvalue weighted by Crippen LogP contribution is -2.44. The molecule has 0 radical (unpaired) electrons. The number of rotatable bonds is 7. The lowest BCUT2D eigenvalue weighted by Gasteiger charge is -2.18. The van der Waals surface area contributed by atoms with Crippen molar-refractivity contribution in [3.63, 3.8) is 0 Å². The molecule has 2 atom stereocenters. The first-order chi connectivity index (χ1) is 9.85. The van der Waals surface area contributed by atoms with Gasteiger partial charge in [-0.3, -0.25) is 4.79 Å². The third-order valence-electron chi connectivity index (χ3n) is 3.25. The second kappa shape index (κ2) is 8.14. The lowest BCUT2D eigenvalue weighted by molar-refractivity contribution is -0.123. The highest BCUT2D eigenvalue weighted by Crippen LogP contribution is 2.24. The summed E-state index contributed by atoms with van der Waals surface area (Å²) in [5.74, 6) is -0.333. The molecule has 1 rings (SSSR count). The van der Waals surface area contributed by atoms with Crippen LogP contribution in [0, 0.1) is 5.92 Å². The molecule has 7 heteroatoms. The molecule has 0 spiro atoms. The number of hydrogen-bond donors (Lipinski definition) is 2. The third kappa shape index (κ3) is 5.47. The van der Waals surface area contributed by atoms with Crippen molar-refractivity contribution >= 4 is 17.5 Å². The van der Waals surface area contributed by atoms with Crippen molar-refractivity contribution in [3.05, 3.63) is 28.8 Å². The highest BCUT2D eigenvalue weighted by molar-refractivity contribution is 6.30. The predicted octanol–water partition coefficient (Wildman–Crippen LogP) is 2.93. The fourth-order valence-electron chi connectivity index (χ4n) is 1.71. The van der Waals surface area contributed by atoms with Gasteiger partial charge in [0.1, 0.15) is 5.75 Å². The molecule has 0 aliphatic rings. The first kappa shape index (κ1) is 17.7. The van der Waals surface area contributed by atoms with Crippen molar-refractivity contribution in [1.29, 1.82) is 0 Å². The topological polar surface area (TPSA) is 64.4 Å². The van der Waals surface area contributed by atoms with Crippen LogP contribution in [0.25, 0.3) is 0 Å². The van der Waals surface area contributed by atoms with Gasteiger partial charge in [0.25, 0.3) is 0 Å². The van der Waals surface area contributed by atoms with Crippen molar-refractivity contribution in [2.24, 2.45) is 11.7 Å². The third-order valence-corrected chi connectivity index (χ3v) is 3.49. The van der Waals surface area contributed by atoms with Crippen molar-refractivity contribution in [2.75, 3.05) is 0 Å². The van der Waals surface area contributed by atoms with Crippen LogP contribution < -0.4 is 15.8 Å². The van der Waals surface area contributed by atoms with Crippen LogP contribution in [0.1, 0.15) is 25.8 Å². The number of carbonyl (C=O) groups is 1. The molecule has 0 bridgehead atoms. The summed E-state index contributed by atoms with van der Waals surface area (Å²) in [6.45, 7) is 0.882. The number of nitrogens with two attached hydrogens (primary N) is 1. The van der Waals surface area contributed by atoms with Gasteiger partial charge in [-0.2, -0.15) is 8.78 Å². The molecule has 0 aromatic heterocycles. The summed E-state index contributed by atoms with van der Waals surface area (Å²) >= 11 is 5.82. The van der Waals surface area contributed by atoms with E-state index < -0.39 is 12.7 Å². The Bertz CT molecular complexity index is 486. The first-order valence-corrected chi connectivity index (χ1v) is 6.99. The highest BCUT2D eigenvalue weighted by atomic mass is 35.5. The summed E-state index contributed by atoms with van der Waals surface area (Å²) in [6, 6.07) is 3.60. The second-order valence-electron chi connectivity index (χ2n) is 4.76. The zero-order valence-electron chi connectivity index (χ0n) is 11.9. The Morgan fingerprint density at radius 3 is 2.71 bits per heavy atom. The van der Waals surface area contributed by atoms with Crippen LogP contribution in [-0.4, -0.2) is 18.6 Å². The molecular weight excluding hydrogens is 302 g/mol. The molecule has 0 heterocycles.